The van der Waals surface area contributed by atoms with E-state index in [0.717, 1.165) is 24.2 Å². The van der Waals surface area contributed by atoms with Gasteiger partial charge in [-0.25, -0.2) is 14.6 Å². The van der Waals surface area contributed by atoms with E-state index in [0.29, 0.717) is 18.9 Å². The number of ether oxygens (including phenoxy) is 2. The molecule has 1 saturated heterocycles. The number of rotatable bonds is 5. The zero-order valence-electron chi connectivity index (χ0n) is 13.3. The van der Waals surface area contributed by atoms with Crippen LogP contribution >= 0.6 is 0 Å². The second kappa shape index (κ2) is 5.56. The van der Waals surface area contributed by atoms with Gasteiger partial charge in [0.05, 0.1) is 13.7 Å². The first-order valence-electron chi connectivity index (χ1n) is 7.72. The lowest BCUT2D eigenvalue weighted by Gasteiger charge is -2.27. The molecule has 1 aliphatic carbocycles. The van der Waals surface area contributed by atoms with E-state index in [1.807, 2.05) is 24.3 Å². The Morgan fingerprint density at radius 3 is 2.50 bits per heavy atom. The third-order valence-electron chi connectivity index (χ3n) is 4.50. The third kappa shape index (κ3) is 2.48. The summed E-state index contributed by atoms with van der Waals surface area (Å²) in [5.41, 5.74) is -0.615. The predicted molar refractivity (Wildman–Crippen MR) is 79.2 cm³/mol. The molecule has 0 amide bonds. The van der Waals surface area contributed by atoms with Gasteiger partial charge in [0, 0.05) is 6.42 Å². The molecular weight excluding hydrogens is 284 g/mol. The predicted octanol–water partition coefficient (Wildman–Crippen LogP) is 2.97. The van der Waals surface area contributed by atoms with Crippen molar-refractivity contribution in [3.63, 3.8) is 0 Å². The second-order valence-electron chi connectivity index (χ2n) is 6.19. The van der Waals surface area contributed by atoms with Crippen LogP contribution in [0.15, 0.2) is 24.3 Å². The number of carbonyl (C=O) groups is 1. The summed E-state index contributed by atoms with van der Waals surface area (Å²) in [6.45, 7) is 3.85. The van der Waals surface area contributed by atoms with Gasteiger partial charge in [0.1, 0.15) is 11.4 Å². The molecule has 2 unspecified atom stereocenters. The minimum Gasteiger partial charge on any atom is -0.497 e. The Labute approximate surface area is 130 Å². The zero-order chi connectivity index (χ0) is 15.8. The quantitative estimate of drug-likeness (QED) is 0.618. The molecule has 120 valence electrons. The number of benzene rings is 1. The van der Waals surface area contributed by atoms with Crippen molar-refractivity contribution in [2.45, 2.75) is 44.3 Å². The molecule has 0 radical (unpaired) electrons. The fourth-order valence-corrected chi connectivity index (χ4v) is 3.14. The van der Waals surface area contributed by atoms with Crippen LogP contribution in [0.3, 0.4) is 0 Å². The number of hydrogen-bond acceptors (Lipinski definition) is 5. The van der Waals surface area contributed by atoms with Crippen LogP contribution in [-0.2, 0) is 24.9 Å². The average Bonchev–Trinajstić information content (AvgIpc) is 3.32. The Bertz CT molecular complexity index is 551. The maximum Gasteiger partial charge on any atom is 0.341 e. The van der Waals surface area contributed by atoms with Crippen molar-refractivity contribution in [1.82, 2.24) is 0 Å². The highest BCUT2D eigenvalue weighted by molar-refractivity contribution is 5.79. The van der Waals surface area contributed by atoms with E-state index in [-0.39, 0.29) is 5.97 Å². The molecule has 2 aliphatic rings. The van der Waals surface area contributed by atoms with Crippen LogP contribution in [0, 0.1) is 5.92 Å². The van der Waals surface area contributed by atoms with Gasteiger partial charge in [-0.05, 0) is 50.3 Å². The van der Waals surface area contributed by atoms with Gasteiger partial charge >= 0.3 is 5.97 Å². The van der Waals surface area contributed by atoms with Crippen molar-refractivity contribution in [3.8, 4) is 5.75 Å². The Morgan fingerprint density at radius 2 is 1.95 bits per heavy atom. The summed E-state index contributed by atoms with van der Waals surface area (Å²) in [5, 5.41) is 0. The summed E-state index contributed by atoms with van der Waals surface area (Å²) in [7, 11) is 1.64. The molecule has 0 aromatic heterocycles. The molecule has 1 aromatic rings. The zero-order valence-corrected chi connectivity index (χ0v) is 13.3. The number of esters is 1. The van der Waals surface area contributed by atoms with E-state index >= 15 is 0 Å². The van der Waals surface area contributed by atoms with E-state index in [9.17, 15) is 4.79 Å². The Kier molecular flexibility index (Phi) is 3.87. The summed E-state index contributed by atoms with van der Waals surface area (Å²) in [4.78, 5) is 23.4. The molecule has 0 N–H and O–H groups in total. The van der Waals surface area contributed by atoms with Crippen molar-refractivity contribution in [3.05, 3.63) is 29.8 Å². The molecule has 5 heteroatoms. The van der Waals surface area contributed by atoms with Gasteiger partial charge in [0.25, 0.3) is 0 Å². The van der Waals surface area contributed by atoms with E-state index in [1.54, 1.807) is 21.0 Å². The van der Waals surface area contributed by atoms with E-state index in [1.165, 1.54) is 0 Å². The monoisotopic (exact) mass is 306 g/mol. The standard InChI is InChI=1S/C17H22O5/c1-4-20-15(18)16(2)11-17(22-21-16,12-5-6-12)13-7-9-14(19-3)10-8-13/h7-10,12H,4-6,11H2,1-3H3. The minimum atomic E-state index is -1.06. The maximum atomic E-state index is 12.2. The lowest BCUT2D eigenvalue weighted by atomic mass is 9.80. The fourth-order valence-electron chi connectivity index (χ4n) is 3.14. The lowest BCUT2D eigenvalue weighted by molar-refractivity contribution is -0.351. The molecule has 1 aromatic carbocycles. The number of hydrogen-bond donors (Lipinski definition) is 0. The molecule has 3 rings (SSSR count). The van der Waals surface area contributed by atoms with E-state index in [4.69, 9.17) is 19.2 Å². The molecule has 2 atom stereocenters. The normalized spacial score (nSPS) is 31.0. The molecule has 1 aliphatic heterocycles. The van der Waals surface area contributed by atoms with Crippen molar-refractivity contribution in [2.75, 3.05) is 13.7 Å². The maximum absolute atomic E-state index is 12.2. The second-order valence-corrected chi connectivity index (χ2v) is 6.19. The Balaban J connectivity index is 1.89. The van der Waals surface area contributed by atoms with E-state index in [2.05, 4.69) is 0 Å². The average molecular weight is 306 g/mol. The minimum absolute atomic E-state index is 0.330. The molecule has 1 heterocycles. The van der Waals surface area contributed by atoms with Crippen molar-refractivity contribution < 1.29 is 24.0 Å². The van der Waals surface area contributed by atoms with Crippen LogP contribution in [0.25, 0.3) is 0 Å². The molecule has 22 heavy (non-hydrogen) atoms. The molecule has 0 spiro atoms. The van der Waals surface area contributed by atoms with Crippen molar-refractivity contribution >= 4 is 5.97 Å². The summed E-state index contributed by atoms with van der Waals surface area (Å²) in [5.74, 6) is 0.796. The van der Waals surface area contributed by atoms with Gasteiger partial charge in [-0.2, -0.15) is 0 Å². The first-order valence-corrected chi connectivity index (χ1v) is 7.72. The van der Waals surface area contributed by atoms with Crippen LogP contribution in [0.5, 0.6) is 5.75 Å². The smallest absolute Gasteiger partial charge is 0.341 e. The van der Waals surface area contributed by atoms with Gasteiger partial charge in [-0.15, -0.1) is 0 Å². The van der Waals surface area contributed by atoms with Gasteiger partial charge in [-0.1, -0.05) is 12.1 Å². The van der Waals surface area contributed by atoms with Gasteiger partial charge in [-0.3, -0.25) is 0 Å². The first kappa shape index (κ1) is 15.3. The van der Waals surface area contributed by atoms with Crippen LogP contribution in [0.2, 0.25) is 0 Å². The van der Waals surface area contributed by atoms with Crippen LogP contribution in [0.4, 0.5) is 0 Å². The summed E-state index contributed by atoms with van der Waals surface area (Å²) >= 11 is 0. The molecular formula is C17H22O5. The topological polar surface area (TPSA) is 54.0 Å². The lowest BCUT2D eigenvalue weighted by Crippen LogP contribution is -2.38. The molecule has 2 fully saturated rings. The SMILES string of the molecule is CCOC(=O)C1(C)CC(c2ccc(OC)cc2)(C2CC2)OO1. The number of methoxy groups -OCH3 is 1. The Hall–Kier alpha value is -1.59. The third-order valence-corrected chi connectivity index (χ3v) is 4.50. The highest BCUT2D eigenvalue weighted by atomic mass is 17.2. The highest BCUT2D eigenvalue weighted by Crippen LogP contribution is 2.56. The largest absolute Gasteiger partial charge is 0.497 e. The van der Waals surface area contributed by atoms with Crippen molar-refractivity contribution in [2.24, 2.45) is 5.92 Å². The van der Waals surface area contributed by atoms with Crippen LogP contribution < -0.4 is 4.74 Å². The first-order chi connectivity index (χ1) is 10.5. The van der Waals surface area contributed by atoms with Gasteiger partial charge in [0.2, 0.25) is 5.60 Å². The summed E-state index contributed by atoms with van der Waals surface area (Å²) in [6, 6.07) is 7.78. The van der Waals surface area contributed by atoms with Gasteiger partial charge < -0.3 is 9.47 Å². The van der Waals surface area contributed by atoms with Gasteiger partial charge in [0.15, 0.2) is 0 Å². The highest BCUT2D eigenvalue weighted by Gasteiger charge is 2.61. The van der Waals surface area contributed by atoms with Crippen LogP contribution in [-0.4, -0.2) is 25.3 Å². The summed E-state index contributed by atoms with van der Waals surface area (Å²) < 4.78 is 10.3. The molecule has 5 nitrogen and oxygen atoms in total. The Morgan fingerprint density at radius 1 is 1.27 bits per heavy atom. The van der Waals surface area contributed by atoms with E-state index < -0.39 is 11.2 Å². The molecule has 0 bridgehead atoms. The fraction of sp³-hybridized carbons (Fsp3) is 0.588. The van der Waals surface area contributed by atoms with Crippen molar-refractivity contribution in [1.29, 1.82) is 0 Å². The summed E-state index contributed by atoms with van der Waals surface area (Å²) in [6.07, 6.45) is 2.62. The van der Waals surface area contributed by atoms with Crippen LogP contribution in [0.1, 0.15) is 38.7 Å². The molecule has 1 saturated carbocycles. The number of carbonyl (C=O) groups excluding carboxylic acids is 1.